The third-order valence-electron chi connectivity index (χ3n) is 4.77. The van der Waals surface area contributed by atoms with Gasteiger partial charge in [0.25, 0.3) is 5.91 Å². The molecule has 31 heavy (non-hydrogen) atoms. The van der Waals surface area contributed by atoms with E-state index in [2.05, 4.69) is 38.5 Å². The molecule has 0 radical (unpaired) electrons. The second-order valence-corrected chi connectivity index (χ2v) is 9.21. The maximum atomic E-state index is 12.6. The first-order chi connectivity index (χ1) is 15.0. The Labute approximate surface area is 193 Å². The number of nitrogens with one attached hydrogen (secondary N) is 1. The van der Waals surface area contributed by atoms with Crippen LogP contribution in [-0.4, -0.2) is 15.7 Å². The maximum absolute atomic E-state index is 12.6. The van der Waals surface area contributed by atoms with Gasteiger partial charge >= 0.3 is 0 Å². The summed E-state index contributed by atoms with van der Waals surface area (Å²) in [5.41, 5.74) is 5.11. The first-order valence-electron chi connectivity index (χ1n) is 9.82. The average molecular weight is 496 g/mol. The summed E-state index contributed by atoms with van der Waals surface area (Å²) >= 11 is 4.82. The van der Waals surface area contributed by atoms with Crippen molar-refractivity contribution in [2.45, 2.75) is 27.0 Å². The van der Waals surface area contributed by atoms with Crippen LogP contribution in [0, 0.1) is 13.8 Å². The summed E-state index contributed by atoms with van der Waals surface area (Å²) in [5.74, 6) is 0.756. The van der Waals surface area contributed by atoms with Crippen LogP contribution in [-0.2, 0) is 13.2 Å². The molecule has 2 heterocycles. The molecule has 0 saturated heterocycles. The van der Waals surface area contributed by atoms with Crippen LogP contribution in [0.15, 0.2) is 70.8 Å². The maximum Gasteiger partial charge on any atom is 0.265 e. The van der Waals surface area contributed by atoms with Crippen molar-refractivity contribution in [3.8, 4) is 5.75 Å². The second-order valence-electron chi connectivity index (χ2n) is 7.38. The first kappa shape index (κ1) is 21.3. The minimum Gasteiger partial charge on any atom is -0.489 e. The number of benzene rings is 2. The van der Waals surface area contributed by atoms with Gasteiger partial charge in [-0.2, -0.15) is 5.10 Å². The summed E-state index contributed by atoms with van der Waals surface area (Å²) in [6.45, 7) is 5.18. The molecule has 7 heteroatoms. The molecule has 0 unspecified atom stereocenters. The molecule has 0 aliphatic heterocycles. The standard InChI is InChI=1S/C24H22BrN3O2S/c1-16-3-4-17(2)22(9-16)30-14-19-10-23(31-15-19)24(29)27-21-7-5-18(6-8-21)12-28-13-20(25)11-26-28/h3-11,13,15H,12,14H2,1-2H3,(H,27,29). The van der Waals surface area contributed by atoms with Gasteiger partial charge in [0.2, 0.25) is 0 Å². The van der Waals surface area contributed by atoms with Crippen LogP contribution in [0.5, 0.6) is 5.75 Å². The highest BCUT2D eigenvalue weighted by atomic mass is 79.9. The number of carbonyl (C=O) groups excluding carboxylic acids is 1. The van der Waals surface area contributed by atoms with E-state index < -0.39 is 0 Å². The van der Waals surface area contributed by atoms with Crippen LogP contribution in [0.3, 0.4) is 0 Å². The molecule has 1 N–H and O–H groups in total. The summed E-state index contributed by atoms with van der Waals surface area (Å²) in [7, 11) is 0. The molecule has 0 fully saturated rings. The zero-order valence-electron chi connectivity index (χ0n) is 17.3. The quantitative estimate of drug-likeness (QED) is 0.331. The third-order valence-corrected chi connectivity index (χ3v) is 6.16. The van der Waals surface area contributed by atoms with Gasteiger partial charge in [-0.1, -0.05) is 24.3 Å². The summed E-state index contributed by atoms with van der Waals surface area (Å²) < 4.78 is 8.75. The highest BCUT2D eigenvalue weighted by molar-refractivity contribution is 9.10. The summed E-state index contributed by atoms with van der Waals surface area (Å²) in [4.78, 5) is 13.3. The van der Waals surface area contributed by atoms with E-state index in [0.717, 1.165) is 38.2 Å². The van der Waals surface area contributed by atoms with Crippen LogP contribution < -0.4 is 10.1 Å². The minimum atomic E-state index is -0.119. The average Bonchev–Trinajstić information content (AvgIpc) is 3.39. The van der Waals surface area contributed by atoms with Crippen molar-refractivity contribution in [1.29, 1.82) is 0 Å². The van der Waals surface area contributed by atoms with Crippen LogP contribution in [0.1, 0.15) is 31.9 Å². The number of thiophene rings is 1. The summed E-state index contributed by atoms with van der Waals surface area (Å²) in [6, 6.07) is 15.8. The van der Waals surface area contributed by atoms with Gasteiger partial charge in [-0.3, -0.25) is 9.48 Å². The Balaban J connectivity index is 1.33. The number of nitrogens with zero attached hydrogens (tertiary/aromatic N) is 2. The smallest absolute Gasteiger partial charge is 0.265 e. The molecule has 158 valence electrons. The van der Waals surface area contributed by atoms with Crippen LogP contribution in [0.2, 0.25) is 0 Å². The van der Waals surface area contributed by atoms with E-state index in [-0.39, 0.29) is 5.91 Å². The number of anilines is 1. The molecule has 5 nitrogen and oxygen atoms in total. The molecule has 0 aliphatic rings. The lowest BCUT2D eigenvalue weighted by molar-refractivity contribution is 0.103. The van der Waals surface area contributed by atoms with E-state index in [0.29, 0.717) is 18.0 Å². The van der Waals surface area contributed by atoms with Gasteiger partial charge in [0.1, 0.15) is 12.4 Å². The molecule has 4 aromatic rings. The van der Waals surface area contributed by atoms with Crippen molar-refractivity contribution in [3.63, 3.8) is 0 Å². The third kappa shape index (κ3) is 5.62. The monoisotopic (exact) mass is 495 g/mol. The van der Waals surface area contributed by atoms with E-state index in [1.807, 2.05) is 66.5 Å². The molecule has 0 atom stereocenters. The molecule has 0 spiro atoms. The van der Waals surface area contributed by atoms with Gasteiger partial charge in [-0.15, -0.1) is 11.3 Å². The van der Waals surface area contributed by atoms with Crippen molar-refractivity contribution in [3.05, 3.63) is 97.9 Å². The van der Waals surface area contributed by atoms with E-state index in [1.165, 1.54) is 11.3 Å². The first-order valence-corrected chi connectivity index (χ1v) is 11.5. The lowest BCUT2D eigenvalue weighted by Gasteiger charge is -2.09. The Bertz CT molecular complexity index is 1200. The number of aromatic nitrogens is 2. The van der Waals surface area contributed by atoms with E-state index >= 15 is 0 Å². The molecule has 2 aromatic heterocycles. The molecular weight excluding hydrogens is 474 g/mol. The number of rotatable bonds is 7. The normalized spacial score (nSPS) is 10.8. The van der Waals surface area contributed by atoms with Crippen molar-refractivity contribution < 1.29 is 9.53 Å². The van der Waals surface area contributed by atoms with E-state index in [1.54, 1.807) is 6.20 Å². The number of hydrogen-bond donors (Lipinski definition) is 1. The van der Waals surface area contributed by atoms with Crippen LogP contribution >= 0.6 is 27.3 Å². The van der Waals surface area contributed by atoms with Gasteiger partial charge in [-0.25, -0.2) is 0 Å². The molecule has 4 rings (SSSR count). The lowest BCUT2D eigenvalue weighted by Crippen LogP contribution is -2.10. The Morgan fingerprint density at radius 2 is 1.94 bits per heavy atom. The zero-order valence-corrected chi connectivity index (χ0v) is 19.7. The van der Waals surface area contributed by atoms with E-state index in [4.69, 9.17) is 4.74 Å². The SMILES string of the molecule is Cc1ccc(C)c(OCc2csc(C(=O)Nc3ccc(Cn4cc(Br)cn4)cc3)c2)c1. The number of ether oxygens (including phenoxy) is 1. The Morgan fingerprint density at radius 3 is 2.68 bits per heavy atom. The number of aryl methyl sites for hydroxylation is 2. The zero-order chi connectivity index (χ0) is 21.8. The highest BCUT2D eigenvalue weighted by Gasteiger charge is 2.11. The fourth-order valence-corrected chi connectivity index (χ4v) is 4.21. The van der Waals surface area contributed by atoms with Crippen LogP contribution in [0.25, 0.3) is 0 Å². The number of carbonyl (C=O) groups is 1. The number of halogens is 1. The van der Waals surface area contributed by atoms with Gasteiger partial charge in [-0.05, 0) is 76.1 Å². The van der Waals surface area contributed by atoms with Gasteiger partial charge < -0.3 is 10.1 Å². The molecule has 0 bridgehead atoms. The molecule has 0 saturated carbocycles. The topological polar surface area (TPSA) is 56.1 Å². The predicted octanol–water partition coefficient (Wildman–Crippen LogP) is 6.20. The second kappa shape index (κ2) is 9.49. The van der Waals surface area contributed by atoms with E-state index in [9.17, 15) is 4.79 Å². The van der Waals surface area contributed by atoms with Gasteiger partial charge in [0.05, 0.1) is 22.1 Å². The minimum absolute atomic E-state index is 0.119. The summed E-state index contributed by atoms with van der Waals surface area (Å²) in [6.07, 6.45) is 3.69. The summed E-state index contributed by atoms with van der Waals surface area (Å²) in [5, 5.41) is 9.18. The highest BCUT2D eigenvalue weighted by Crippen LogP contribution is 2.23. The fourth-order valence-electron chi connectivity index (χ4n) is 3.09. The Morgan fingerprint density at radius 1 is 1.13 bits per heavy atom. The Hall–Kier alpha value is -2.90. The fraction of sp³-hybridized carbons (Fsp3) is 0.167. The molecule has 2 aromatic carbocycles. The number of hydrogen-bond acceptors (Lipinski definition) is 4. The molecular formula is C24H22BrN3O2S. The predicted molar refractivity (Wildman–Crippen MR) is 128 cm³/mol. The number of amides is 1. The van der Waals surface area contributed by atoms with Gasteiger partial charge in [0.15, 0.2) is 0 Å². The molecule has 0 aliphatic carbocycles. The molecule has 1 amide bonds. The van der Waals surface area contributed by atoms with Crippen molar-refractivity contribution in [2.75, 3.05) is 5.32 Å². The lowest BCUT2D eigenvalue weighted by atomic mass is 10.1. The van der Waals surface area contributed by atoms with Crippen molar-refractivity contribution in [1.82, 2.24) is 9.78 Å². The largest absolute Gasteiger partial charge is 0.489 e. The Kier molecular flexibility index (Phi) is 6.53. The van der Waals surface area contributed by atoms with Crippen molar-refractivity contribution >= 4 is 38.9 Å². The van der Waals surface area contributed by atoms with Gasteiger partial charge in [0, 0.05) is 17.4 Å². The van der Waals surface area contributed by atoms with Crippen LogP contribution in [0.4, 0.5) is 5.69 Å². The van der Waals surface area contributed by atoms with Crippen molar-refractivity contribution in [2.24, 2.45) is 0 Å².